The first-order valence-corrected chi connectivity index (χ1v) is 4.16. The molecular formula is C10H13NO3. The van der Waals surface area contributed by atoms with Gasteiger partial charge in [-0.05, 0) is 31.0 Å². The smallest absolute Gasteiger partial charge is 0.336 e. The summed E-state index contributed by atoms with van der Waals surface area (Å²) in [5, 5.41) is 8.90. The van der Waals surface area contributed by atoms with E-state index in [1.54, 1.807) is 13.8 Å². The van der Waals surface area contributed by atoms with E-state index in [1.807, 2.05) is 0 Å². The number of nitrogen functional groups attached to an aromatic ring is 1. The molecule has 4 heteroatoms. The summed E-state index contributed by atoms with van der Waals surface area (Å²) in [6.07, 6.45) is 0. The van der Waals surface area contributed by atoms with E-state index in [0.717, 1.165) is 5.56 Å². The Morgan fingerprint density at radius 2 is 2.00 bits per heavy atom. The molecule has 0 aliphatic carbocycles. The molecule has 0 unspecified atom stereocenters. The third-order valence-corrected chi connectivity index (χ3v) is 2.36. The maximum Gasteiger partial charge on any atom is 0.336 e. The second kappa shape index (κ2) is 3.57. The number of carbonyl (C=O) groups is 1. The molecule has 0 spiro atoms. The number of anilines is 1. The van der Waals surface area contributed by atoms with Crippen molar-refractivity contribution in [2.24, 2.45) is 0 Å². The van der Waals surface area contributed by atoms with Gasteiger partial charge < -0.3 is 15.6 Å². The van der Waals surface area contributed by atoms with E-state index in [1.165, 1.54) is 13.2 Å². The van der Waals surface area contributed by atoms with Crippen molar-refractivity contribution in [1.82, 2.24) is 0 Å². The summed E-state index contributed by atoms with van der Waals surface area (Å²) in [5.41, 5.74) is 7.90. The predicted molar refractivity (Wildman–Crippen MR) is 53.8 cm³/mol. The van der Waals surface area contributed by atoms with Crippen LogP contribution in [0.2, 0.25) is 0 Å². The molecule has 4 nitrogen and oxygen atoms in total. The normalized spacial score (nSPS) is 9.93. The zero-order valence-electron chi connectivity index (χ0n) is 8.42. The zero-order chi connectivity index (χ0) is 10.9. The summed E-state index contributed by atoms with van der Waals surface area (Å²) in [4.78, 5) is 10.9. The SMILES string of the molecule is COc1cc(C(=O)O)c(C)c(C)c1N. The van der Waals surface area contributed by atoms with Gasteiger partial charge in [-0.1, -0.05) is 0 Å². The van der Waals surface area contributed by atoms with Crippen LogP contribution < -0.4 is 10.5 Å². The van der Waals surface area contributed by atoms with Crippen LogP contribution in [0, 0.1) is 13.8 Å². The van der Waals surface area contributed by atoms with Gasteiger partial charge in [0.15, 0.2) is 0 Å². The number of nitrogens with two attached hydrogens (primary N) is 1. The average molecular weight is 195 g/mol. The number of rotatable bonds is 2. The highest BCUT2D eigenvalue weighted by molar-refractivity contribution is 5.91. The molecule has 0 saturated carbocycles. The molecule has 0 aliphatic heterocycles. The maximum atomic E-state index is 10.9. The quantitative estimate of drug-likeness (QED) is 0.703. The van der Waals surface area contributed by atoms with Crippen molar-refractivity contribution in [3.8, 4) is 5.75 Å². The Morgan fingerprint density at radius 3 is 2.43 bits per heavy atom. The van der Waals surface area contributed by atoms with Gasteiger partial charge in [0.25, 0.3) is 0 Å². The van der Waals surface area contributed by atoms with Gasteiger partial charge in [-0.25, -0.2) is 4.79 Å². The molecule has 1 aromatic carbocycles. The molecule has 0 aromatic heterocycles. The van der Waals surface area contributed by atoms with Gasteiger partial charge >= 0.3 is 5.97 Å². The lowest BCUT2D eigenvalue weighted by molar-refractivity contribution is 0.0695. The number of carboxylic acid groups (broad SMARTS) is 1. The van der Waals surface area contributed by atoms with E-state index in [-0.39, 0.29) is 5.56 Å². The largest absolute Gasteiger partial charge is 0.495 e. The van der Waals surface area contributed by atoms with E-state index >= 15 is 0 Å². The number of hydrogen-bond donors (Lipinski definition) is 2. The summed E-state index contributed by atoms with van der Waals surface area (Å²) >= 11 is 0. The minimum atomic E-state index is -0.969. The van der Waals surface area contributed by atoms with E-state index in [9.17, 15) is 4.79 Å². The van der Waals surface area contributed by atoms with Crippen LogP contribution in [0.3, 0.4) is 0 Å². The molecule has 0 radical (unpaired) electrons. The number of methoxy groups -OCH3 is 1. The summed E-state index contributed by atoms with van der Waals surface area (Å²) in [5.74, 6) is -0.561. The van der Waals surface area contributed by atoms with Crippen LogP contribution in [0.15, 0.2) is 6.07 Å². The second-order valence-electron chi connectivity index (χ2n) is 3.10. The Balaban J connectivity index is 3.48. The van der Waals surface area contributed by atoms with E-state index < -0.39 is 5.97 Å². The summed E-state index contributed by atoms with van der Waals surface area (Å²) in [6.45, 7) is 3.51. The van der Waals surface area contributed by atoms with E-state index in [4.69, 9.17) is 15.6 Å². The Kier molecular flexibility index (Phi) is 2.65. The van der Waals surface area contributed by atoms with Crippen molar-refractivity contribution in [3.63, 3.8) is 0 Å². The standard InChI is InChI=1S/C10H13NO3/c1-5-6(2)9(11)8(14-3)4-7(5)10(12)13/h4H,11H2,1-3H3,(H,12,13). The molecule has 14 heavy (non-hydrogen) atoms. The molecule has 1 rings (SSSR count). The highest BCUT2D eigenvalue weighted by Crippen LogP contribution is 2.30. The summed E-state index contributed by atoms with van der Waals surface area (Å²) in [6, 6.07) is 1.44. The Labute approximate surface area is 82.3 Å². The first-order chi connectivity index (χ1) is 6.49. The lowest BCUT2D eigenvalue weighted by Crippen LogP contribution is -2.05. The van der Waals surface area contributed by atoms with Gasteiger partial charge in [0.1, 0.15) is 5.75 Å². The van der Waals surface area contributed by atoms with Crippen LogP contribution in [-0.4, -0.2) is 18.2 Å². The first-order valence-electron chi connectivity index (χ1n) is 4.16. The third-order valence-electron chi connectivity index (χ3n) is 2.36. The van der Waals surface area contributed by atoms with Crippen LogP contribution in [-0.2, 0) is 0 Å². The van der Waals surface area contributed by atoms with Crippen LogP contribution >= 0.6 is 0 Å². The zero-order valence-corrected chi connectivity index (χ0v) is 8.42. The molecule has 1 aromatic rings. The molecule has 0 amide bonds. The number of hydrogen-bond acceptors (Lipinski definition) is 3. The van der Waals surface area contributed by atoms with Gasteiger partial charge in [-0.3, -0.25) is 0 Å². The summed E-state index contributed by atoms with van der Waals surface area (Å²) < 4.78 is 4.98. The number of ether oxygens (including phenoxy) is 1. The first kappa shape index (κ1) is 10.4. The predicted octanol–water partition coefficient (Wildman–Crippen LogP) is 1.59. The van der Waals surface area contributed by atoms with E-state index in [2.05, 4.69) is 0 Å². The number of carboxylic acids is 1. The lowest BCUT2D eigenvalue weighted by Gasteiger charge is -2.12. The molecule has 0 heterocycles. The molecule has 0 atom stereocenters. The van der Waals surface area contributed by atoms with Crippen molar-refractivity contribution >= 4 is 11.7 Å². The topological polar surface area (TPSA) is 72.5 Å². The average Bonchev–Trinajstić information content (AvgIpc) is 2.14. The molecule has 0 saturated heterocycles. The fraction of sp³-hybridized carbons (Fsp3) is 0.300. The maximum absolute atomic E-state index is 10.9. The minimum absolute atomic E-state index is 0.230. The molecule has 0 aliphatic rings. The molecular weight excluding hydrogens is 182 g/mol. The minimum Gasteiger partial charge on any atom is -0.495 e. The van der Waals surface area contributed by atoms with Crippen molar-refractivity contribution in [1.29, 1.82) is 0 Å². The Hall–Kier alpha value is -1.71. The summed E-state index contributed by atoms with van der Waals surface area (Å²) in [7, 11) is 1.46. The van der Waals surface area contributed by atoms with Crippen molar-refractivity contribution in [2.45, 2.75) is 13.8 Å². The van der Waals surface area contributed by atoms with Gasteiger partial charge in [-0.15, -0.1) is 0 Å². The third kappa shape index (κ3) is 1.51. The van der Waals surface area contributed by atoms with Gasteiger partial charge in [-0.2, -0.15) is 0 Å². The van der Waals surface area contributed by atoms with Crippen LogP contribution in [0.25, 0.3) is 0 Å². The Morgan fingerprint density at radius 1 is 1.43 bits per heavy atom. The van der Waals surface area contributed by atoms with Crippen LogP contribution in [0.4, 0.5) is 5.69 Å². The van der Waals surface area contributed by atoms with Crippen molar-refractivity contribution in [2.75, 3.05) is 12.8 Å². The molecule has 3 N–H and O–H groups in total. The monoisotopic (exact) mass is 195 g/mol. The number of aromatic carboxylic acids is 1. The van der Waals surface area contributed by atoms with Gasteiger partial charge in [0, 0.05) is 0 Å². The lowest BCUT2D eigenvalue weighted by atomic mass is 10.0. The molecule has 76 valence electrons. The van der Waals surface area contributed by atoms with Crippen molar-refractivity contribution < 1.29 is 14.6 Å². The van der Waals surface area contributed by atoms with Crippen LogP contribution in [0.5, 0.6) is 5.75 Å². The van der Waals surface area contributed by atoms with Crippen LogP contribution in [0.1, 0.15) is 21.5 Å². The highest BCUT2D eigenvalue weighted by Gasteiger charge is 2.14. The van der Waals surface area contributed by atoms with Crippen molar-refractivity contribution in [3.05, 3.63) is 22.8 Å². The fourth-order valence-electron chi connectivity index (χ4n) is 1.30. The van der Waals surface area contributed by atoms with E-state index in [0.29, 0.717) is 17.0 Å². The van der Waals surface area contributed by atoms with Gasteiger partial charge in [0.2, 0.25) is 0 Å². The number of benzene rings is 1. The Bertz CT molecular complexity index is 385. The molecule has 0 bridgehead atoms. The fourth-order valence-corrected chi connectivity index (χ4v) is 1.30. The van der Waals surface area contributed by atoms with Gasteiger partial charge in [0.05, 0.1) is 18.4 Å². The second-order valence-corrected chi connectivity index (χ2v) is 3.10. The highest BCUT2D eigenvalue weighted by atomic mass is 16.5. The molecule has 0 fully saturated rings.